The number of nitrogens with zero attached hydrogens (tertiary/aromatic N) is 2. The van der Waals surface area contributed by atoms with Gasteiger partial charge in [-0.1, -0.05) is 18.2 Å². The van der Waals surface area contributed by atoms with Gasteiger partial charge in [-0.15, -0.1) is 10.3 Å². The summed E-state index contributed by atoms with van der Waals surface area (Å²) in [6.45, 7) is 1.69. The molecule has 0 bridgehead atoms. The average molecular weight is 325 g/mol. The lowest BCUT2D eigenvalue weighted by atomic mass is 10.4. The number of nitrogens with one attached hydrogen (secondary N) is 3. The summed E-state index contributed by atoms with van der Waals surface area (Å²) >= 11 is 0. The number of benzene rings is 1. The number of urea groups is 1. The molecule has 10 heteroatoms. The topological polar surface area (TPSA) is 112 Å². The number of hydrazone groups is 1. The van der Waals surface area contributed by atoms with E-state index in [0.29, 0.717) is 11.6 Å². The van der Waals surface area contributed by atoms with Crippen molar-refractivity contribution < 1.29 is 17.9 Å². The molecule has 1 aliphatic heterocycles. The minimum absolute atomic E-state index is 0.0195. The van der Waals surface area contributed by atoms with E-state index in [0.717, 1.165) is 5.23 Å². The maximum atomic E-state index is 12.0. The number of amides is 2. The van der Waals surface area contributed by atoms with Crippen LogP contribution in [0.1, 0.15) is 6.92 Å². The lowest BCUT2D eigenvalue weighted by Crippen LogP contribution is -2.53. The molecule has 0 aliphatic carbocycles. The van der Waals surface area contributed by atoms with Gasteiger partial charge in [-0.25, -0.2) is 28.8 Å². The molecular formula is C12H15N5O4S. The van der Waals surface area contributed by atoms with Crippen molar-refractivity contribution >= 4 is 21.8 Å². The summed E-state index contributed by atoms with van der Waals surface area (Å²) in [4.78, 5) is 11.8. The van der Waals surface area contributed by atoms with Crippen molar-refractivity contribution in [3.8, 4) is 0 Å². The molecule has 0 unspecified atom stereocenters. The molecule has 1 heterocycles. The first-order valence-electron chi connectivity index (χ1n) is 6.17. The van der Waals surface area contributed by atoms with Gasteiger partial charge in [-0.2, -0.15) is 0 Å². The number of hydrazine groups is 2. The van der Waals surface area contributed by atoms with Gasteiger partial charge in [0.05, 0.1) is 17.7 Å². The number of hydrogen-bond acceptors (Lipinski definition) is 7. The zero-order valence-corrected chi connectivity index (χ0v) is 12.7. The van der Waals surface area contributed by atoms with Crippen LogP contribution in [0.5, 0.6) is 0 Å². The maximum Gasteiger partial charge on any atom is 0.350 e. The number of ether oxygens (including phenoxy) is 1. The summed E-state index contributed by atoms with van der Waals surface area (Å²) in [5.74, 6) is 0.346. The van der Waals surface area contributed by atoms with Crippen LogP contribution in [0.15, 0.2) is 52.3 Å². The smallest absolute Gasteiger partial charge is 0.350 e. The normalized spacial score (nSPS) is 14.4. The monoisotopic (exact) mass is 325 g/mol. The zero-order valence-electron chi connectivity index (χ0n) is 11.9. The molecule has 0 radical (unpaired) electrons. The van der Waals surface area contributed by atoms with Gasteiger partial charge >= 0.3 is 6.03 Å². The Morgan fingerprint density at radius 3 is 2.64 bits per heavy atom. The quantitative estimate of drug-likeness (QED) is 0.733. The maximum absolute atomic E-state index is 12.0. The Balaban J connectivity index is 2.01. The minimum Gasteiger partial charge on any atom is -0.481 e. The van der Waals surface area contributed by atoms with Gasteiger partial charge in [0.25, 0.3) is 10.0 Å². The Morgan fingerprint density at radius 1 is 1.32 bits per heavy atom. The average Bonchev–Trinajstić information content (AvgIpc) is 2.46. The number of sulfonamides is 1. The Kier molecular flexibility index (Phi) is 4.51. The number of rotatable bonds is 4. The molecule has 1 aromatic rings. The van der Waals surface area contributed by atoms with Gasteiger partial charge in [-0.05, 0) is 19.1 Å². The van der Waals surface area contributed by atoms with E-state index in [1.807, 2.05) is 4.72 Å². The number of allylic oxidation sites excluding steroid dienone is 1. The molecule has 0 saturated heterocycles. The molecule has 118 valence electrons. The van der Waals surface area contributed by atoms with E-state index in [1.165, 1.54) is 19.2 Å². The highest BCUT2D eigenvalue weighted by molar-refractivity contribution is 7.90. The van der Waals surface area contributed by atoms with Crippen molar-refractivity contribution in [2.75, 3.05) is 7.11 Å². The molecule has 9 nitrogen and oxygen atoms in total. The summed E-state index contributed by atoms with van der Waals surface area (Å²) in [5, 5.41) is 4.89. The molecular weight excluding hydrogens is 310 g/mol. The lowest BCUT2D eigenvalue weighted by Gasteiger charge is -2.25. The van der Waals surface area contributed by atoms with Gasteiger partial charge in [-0.3, -0.25) is 0 Å². The van der Waals surface area contributed by atoms with Crippen LogP contribution in [0, 0.1) is 0 Å². The molecule has 0 saturated carbocycles. The largest absolute Gasteiger partial charge is 0.481 e. The highest BCUT2D eigenvalue weighted by Crippen LogP contribution is 2.07. The van der Waals surface area contributed by atoms with Crippen LogP contribution in [0.25, 0.3) is 0 Å². The van der Waals surface area contributed by atoms with Crippen LogP contribution in [0.2, 0.25) is 0 Å². The predicted molar refractivity (Wildman–Crippen MR) is 78.5 cm³/mol. The highest BCUT2D eigenvalue weighted by Gasteiger charge is 2.19. The summed E-state index contributed by atoms with van der Waals surface area (Å²) in [6.07, 6.45) is 1.61. The fraction of sp³-hybridized carbons (Fsp3) is 0.167. The molecule has 1 aromatic carbocycles. The third-order valence-corrected chi connectivity index (χ3v) is 3.87. The van der Waals surface area contributed by atoms with Gasteiger partial charge in [0.15, 0.2) is 0 Å². The first-order chi connectivity index (χ1) is 10.4. The van der Waals surface area contributed by atoms with Gasteiger partial charge < -0.3 is 4.74 Å². The molecule has 3 N–H and O–H groups in total. The van der Waals surface area contributed by atoms with Crippen molar-refractivity contribution in [1.29, 1.82) is 0 Å². The Labute approximate surface area is 127 Å². The Bertz CT molecular complexity index is 714. The van der Waals surface area contributed by atoms with Gasteiger partial charge in [0.1, 0.15) is 0 Å². The second kappa shape index (κ2) is 6.35. The molecule has 0 atom stereocenters. The van der Waals surface area contributed by atoms with E-state index in [9.17, 15) is 13.2 Å². The van der Waals surface area contributed by atoms with Crippen LogP contribution in [-0.4, -0.2) is 32.5 Å². The third-order valence-electron chi connectivity index (χ3n) is 2.52. The highest BCUT2D eigenvalue weighted by atomic mass is 32.2. The second-order valence-corrected chi connectivity index (χ2v) is 5.92. The van der Waals surface area contributed by atoms with E-state index in [1.54, 1.807) is 31.2 Å². The van der Waals surface area contributed by atoms with Crippen LogP contribution in [0.3, 0.4) is 0 Å². The minimum atomic E-state index is -3.95. The van der Waals surface area contributed by atoms with Crippen molar-refractivity contribution in [3.63, 3.8) is 0 Å². The fourth-order valence-corrected chi connectivity index (χ4v) is 2.52. The summed E-state index contributed by atoms with van der Waals surface area (Å²) < 4.78 is 30.8. The molecule has 2 rings (SSSR count). The van der Waals surface area contributed by atoms with Crippen LogP contribution >= 0.6 is 0 Å². The molecule has 0 spiro atoms. The zero-order chi connectivity index (χ0) is 16.2. The lowest BCUT2D eigenvalue weighted by molar-refractivity contribution is 0.0995. The SMILES string of the molecule is COC1=CC(C)=NN(NC(=O)NS(=O)(=O)c2ccccc2)N1. The standard InChI is InChI=1S/C12H15N5O4S/c1-9-8-11(21-2)14-17(13-9)15-12(18)16-22(19,20)10-6-4-3-5-7-10/h3-8,14H,1-2H3,(H2,15,16,18). The number of carbonyl (C=O) groups is 1. The summed E-state index contributed by atoms with van der Waals surface area (Å²) in [5.41, 5.74) is 5.39. The Hall–Kier alpha value is -2.75. The predicted octanol–water partition coefficient (Wildman–Crippen LogP) is 0.273. The molecule has 2 amide bonds. The molecule has 0 aromatic heterocycles. The van der Waals surface area contributed by atoms with E-state index in [4.69, 9.17) is 4.74 Å². The van der Waals surface area contributed by atoms with Crippen molar-refractivity contribution in [3.05, 3.63) is 42.3 Å². The van der Waals surface area contributed by atoms with Gasteiger partial charge in [0.2, 0.25) is 5.88 Å². The Morgan fingerprint density at radius 2 is 2.00 bits per heavy atom. The van der Waals surface area contributed by atoms with Gasteiger partial charge in [0, 0.05) is 6.08 Å². The molecule has 22 heavy (non-hydrogen) atoms. The van der Waals surface area contributed by atoms with Crippen molar-refractivity contribution in [1.82, 2.24) is 20.8 Å². The van der Waals surface area contributed by atoms with E-state index < -0.39 is 16.1 Å². The second-order valence-electron chi connectivity index (χ2n) is 4.24. The van der Waals surface area contributed by atoms with Crippen molar-refractivity contribution in [2.24, 2.45) is 5.10 Å². The summed E-state index contributed by atoms with van der Waals surface area (Å²) in [6, 6.07) is 6.58. The molecule has 1 aliphatic rings. The number of methoxy groups -OCH3 is 1. The van der Waals surface area contributed by atoms with Crippen LogP contribution < -0.4 is 15.6 Å². The molecule has 0 fully saturated rings. The number of hydrogen-bond donors (Lipinski definition) is 3. The first kappa shape index (κ1) is 15.6. The summed E-state index contributed by atoms with van der Waals surface area (Å²) in [7, 11) is -2.51. The van der Waals surface area contributed by atoms with Crippen LogP contribution in [0.4, 0.5) is 4.79 Å². The van der Waals surface area contributed by atoms with E-state index >= 15 is 0 Å². The van der Waals surface area contributed by atoms with Crippen molar-refractivity contribution in [2.45, 2.75) is 11.8 Å². The third kappa shape index (κ3) is 3.88. The van der Waals surface area contributed by atoms with Crippen LogP contribution in [-0.2, 0) is 14.8 Å². The fourth-order valence-electron chi connectivity index (χ4n) is 1.60. The van der Waals surface area contributed by atoms with E-state index in [2.05, 4.69) is 16.0 Å². The first-order valence-corrected chi connectivity index (χ1v) is 7.65. The number of carbonyl (C=O) groups excluding carboxylic acids is 1. The van der Waals surface area contributed by atoms with E-state index in [-0.39, 0.29) is 4.90 Å².